The van der Waals surface area contributed by atoms with Gasteiger partial charge >= 0.3 is 0 Å². The molecule has 1 aromatic carbocycles. The minimum absolute atomic E-state index is 0.200. The third-order valence-electron chi connectivity index (χ3n) is 2.87. The molecular formula is C16H20O2S. The number of rotatable bonds is 6. The Labute approximate surface area is 118 Å². The smallest absolute Gasteiger partial charge is 0.119 e. The Morgan fingerprint density at radius 2 is 1.89 bits per heavy atom. The van der Waals surface area contributed by atoms with E-state index in [1.807, 2.05) is 43.5 Å². The first kappa shape index (κ1) is 14.1. The molecule has 1 aromatic heterocycles. The quantitative estimate of drug-likeness (QED) is 0.856. The van der Waals surface area contributed by atoms with Gasteiger partial charge in [0.05, 0.1) is 12.2 Å². The summed E-state index contributed by atoms with van der Waals surface area (Å²) >= 11 is 1.61. The average molecular weight is 276 g/mol. The van der Waals surface area contributed by atoms with Crippen LogP contribution in [-0.4, -0.2) is 11.2 Å². The summed E-state index contributed by atoms with van der Waals surface area (Å²) in [6.07, 6.45) is 1.48. The average Bonchev–Trinajstić information content (AvgIpc) is 2.91. The summed E-state index contributed by atoms with van der Waals surface area (Å²) in [6, 6.07) is 12.1. The van der Waals surface area contributed by atoms with Gasteiger partial charge in [-0.05, 0) is 55.8 Å². The number of aryl methyl sites for hydroxylation is 1. The van der Waals surface area contributed by atoms with Crippen molar-refractivity contribution < 1.29 is 9.84 Å². The number of hydrogen-bond acceptors (Lipinski definition) is 3. The van der Waals surface area contributed by atoms with E-state index in [0.717, 1.165) is 23.5 Å². The van der Waals surface area contributed by atoms with Crippen molar-refractivity contribution in [3.8, 4) is 5.75 Å². The zero-order chi connectivity index (χ0) is 13.7. The molecule has 0 amide bonds. The molecule has 102 valence electrons. The molecule has 1 N–H and O–H groups in total. The van der Waals surface area contributed by atoms with E-state index < -0.39 is 0 Å². The zero-order valence-corrected chi connectivity index (χ0v) is 12.2. The van der Waals surface area contributed by atoms with Gasteiger partial charge < -0.3 is 9.84 Å². The maximum atomic E-state index is 10.0. The third-order valence-corrected chi connectivity index (χ3v) is 3.85. The van der Waals surface area contributed by atoms with Crippen LogP contribution < -0.4 is 4.74 Å². The third kappa shape index (κ3) is 4.37. The van der Waals surface area contributed by atoms with Crippen molar-refractivity contribution >= 4 is 11.3 Å². The summed E-state index contributed by atoms with van der Waals surface area (Å²) in [4.78, 5) is 1.04. The van der Waals surface area contributed by atoms with Crippen LogP contribution in [0.15, 0.2) is 41.8 Å². The van der Waals surface area contributed by atoms with E-state index >= 15 is 0 Å². The molecule has 2 aromatic rings. The summed E-state index contributed by atoms with van der Waals surface area (Å²) in [5.74, 6) is 0.901. The number of ether oxygens (including phenoxy) is 1. The molecule has 0 spiro atoms. The van der Waals surface area contributed by atoms with Gasteiger partial charge in [0.2, 0.25) is 0 Å². The lowest BCUT2D eigenvalue weighted by Gasteiger charge is -2.11. The van der Waals surface area contributed by atoms with Gasteiger partial charge in [0.25, 0.3) is 0 Å². The number of aliphatic hydroxyl groups is 1. The van der Waals surface area contributed by atoms with Crippen molar-refractivity contribution in [1.29, 1.82) is 0 Å². The molecular weight excluding hydrogens is 256 g/mol. The molecule has 0 bridgehead atoms. The van der Waals surface area contributed by atoms with E-state index in [2.05, 4.69) is 12.1 Å². The molecule has 2 rings (SSSR count). The van der Waals surface area contributed by atoms with E-state index in [4.69, 9.17) is 4.74 Å². The van der Waals surface area contributed by atoms with E-state index in [1.165, 1.54) is 5.56 Å². The van der Waals surface area contributed by atoms with Crippen LogP contribution in [0.25, 0.3) is 0 Å². The Hall–Kier alpha value is -1.32. The summed E-state index contributed by atoms with van der Waals surface area (Å²) in [6.45, 7) is 4.04. The summed E-state index contributed by atoms with van der Waals surface area (Å²) in [5, 5.41) is 12.0. The van der Waals surface area contributed by atoms with E-state index in [9.17, 15) is 5.11 Å². The molecule has 0 radical (unpaired) electrons. The highest BCUT2D eigenvalue weighted by Crippen LogP contribution is 2.24. The normalized spacial score (nSPS) is 12.6. The molecule has 2 nitrogen and oxygen atoms in total. The molecule has 1 atom stereocenters. The highest BCUT2D eigenvalue weighted by molar-refractivity contribution is 7.10. The fourth-order valence-electron chi connectivity index (χ4n) is 1.93. The maximum Gasteiger partial charge on any atom is 0.119 e. The van der Waals surface area contributed by atoms with Gasteiger partial charge in [0, 0.05) is 4.88 Å². The Morgan fingerprint density at radius 3 is 2.47 bits per heavy atom. The van der Waals surface area contributed by atoms with E-state index in [1.54, 1.807) is 11.3 Å². The minimum Gasteiger partial charge on any atom is -0.491 e. The largest absolute Gasteiger partial charge is 0.491 e. The molecule has 0 saturated heterocycles. The van der Waals surface area contributed by atoms with Crippen molar-refractivity contribution in [3.63, 3.8) is 0 Å². The summed E-state index contributed by atoms with van der Waals surface area (Å²) in [7, 11) is 0. The number of aliphatic hydroxyl groups excluding tert-OH is 1. The number of benzene rings is 1. The van der Waals surface area contributed by atoms with Crippen LogP contribution in [0.3, 0.4) is 0 Å². The maximum absolute atomic E-state index is 10.0. The van der Waals surface area contributed by atoms with Crippen molar-refractivity contribution in [2.45, 2.75) is 38.9 Å². The lowest BCUT2D eigenvalue weighted by molar-refractivity contribution is 0.171. The Bertz CT molecular complexity index is 474. The molecule has 1 unspecified atom stereocenters. The molecule has 0 aliphatic carbocycles. The first-order valence-electron chi connectivity index (χ1n) is 6.62. The molecule has 0 aliphatic rings. The van der Waals surface area contributed by atoms with Gasteiger partial charge in [0.15, 0.2) is 0 Å². The molecule has 0 aliphatic heterocycles. The summed E-state index contributed by atoms with van der Waals surface area (Å²) in [5.41, 5.74) is 1.23. The van der Waals surface area contributed by atoms with Gasteiger partial charge in [0.1, 0.15) is 5.75 Å². The molecule has 3 heteroatoms. The highest BCUT2D eigenvalue weighted by Gasteiger charge is 2.08. The first-order valence-corrected chi connectivity index (χ1v) is 7.50. The second kappa shape index (κ2) is 6.73. The van der Waals surface area contributed by atoms with Crippen LogP contribution in [0, 0.1) is 0 Å². The SMILES string of the molecule is CC(C)Oc1ccc(CCC(O)c2cccs2)cc1. The van der Waals surface area contributed by atoms with Crippen LogP contribution in [0.5, 0.6) is 5.75 Å². The number of hydrogen-bond donors (Lipinski definition) is 1. The van der Waals surface area contributed by atoms with E-state index in [-0.39, 0.29) is 12.2 Å². The minimum atomic E-state index is -0.355. The highest BCUT2D eigenvalue weighted by atomic mass is 32.1. The van der Waals surface area contributed by atoms with Crippen LogP contribution in [0.2, 0.25) is 0 Å². The lowest BCUT2D eigenvalue weighted by atomic mass is 10.1. The Morgan fingerprint density at radius 1 is 1.16 bits per heavy atom. The van der Waals surface area contributed by atoms with Crippen molar-refractivity contribution in [3.05, 3.63) is 52.2 Å². The second-order valence-corrected chi connectivity index (χ2v) is 5.86. The van der Waals surface area contributed by atoms with Gasteiger partial charge in [-0.25, -0.2) is 0 Å². The summed E-state index contributed by atoms with van der Waals surface area (Å²) < 4.78 is 5.61. The molecule has 1 heterocycles. The van der Waals surface area contributed by atoms with Crippen LogP contribution >= 0.6 is 11.3 Å². The predicted octanol–water partition coefficient (Wildman–Crippen LogP) is 4.20. The first-order chi connectivity index (χ1) is 9.15. The van der Waals surface area contributed by atoms with Crippen molar-refractivity contribution in [2.24, 2.45) is 0 Å². The monoisotopic (exact) mass is 276 g/mol. The van der Waals surface area contributed by atoms with Crippen molar-refractivity contribution in [2.75, 3.05) is 0 Å². The Kier molecular flexibility index (Phi) is 5.00. The standard InChI is InChI=1S/C16H20O2S/c1-12(2)18-14-8-5-13(6-9-14)7-10-15(17)16-4-3-11-19-16/h3-6,8-9,11-12,15,17H,7,10H2,1-2H3. The lowest BCUT2D eigenvalue weighted by Crippen LogP contribution is -2.05. The fourth-order valence-corrected chi connectivity index (χ4v) is 2.68. The fraction of sp³-hybridized carbons (Fsp3) is 0.375. The van der Waals surface area contributed by atoms with Crippen LogP contribution in [0.1, 0.15) is 36.8 Å². The van der Waals surface area contributed by atoms with Crippen molar-refractivity contribution in [1.82, 2.24) is 0 Å². The van der Waals surface area contributed by atoms with Crippen LogP contribution in [0.4, 0.5) is 0 Å². The molecule has 19 heavy (non-hydrogen) atoms. The second-order valence-electron chi connectivity index (χ2n) is 4.88. The van der Waals surface area contributed by atoms with Crippen LogP contribution in [-0.2, 0) is 6.42 Å². The molecule has 0 fully saturated rings. The van der Waals surface area contributed by atoms with Gasteiger partial charge in [-0.1, -0.05) is 18.2 Å². The van der Waals surface area contributed by atoms with Gasteiger partial charge in [-0.3, -0.25) is 0 Å². The number of thiophene rings is 1. The Balaban J connectivity index is 1.86. The predicted molar refractivity (Wildman–Crippen MR) is 79.8 cm³/mol. The van der Waals surface area contributed by atoms with Gasteiger partial charge in [-0.15, -0.1) is 11.3 Å². The van der Waals surface area contributed by atoms with Gasteiger partial charge in [-0.2, -0.15) is 0 Å². The molecule has 0 saturated carbocycles. The topological polar surface area (TPSA) is 29.5 Å². The van der Waals surface area contributed by atoms with E-state index in [0.29, 0.717) is 0 Å². The zero-order valence-electron chi connectivity index (χ0n) is 11.4.